The normalized spacial score (nSPS) is 20.2. The van der Waals surface area contributed by atoms with Gasteiger partial charge in [0, 0.05) is 30.6 Å². The summed E-state index contributed by atoms with van der Waals surface area (Å²) in [5.41, 5.74) is 8.26. The zero-order valence-corrected chi connectivity index (χ0v) is 13.7. The van der Waals surface area contributed by atoms with Gasteiger partial charge in [0.15, 0.2) is 0 Å². The largest absolute Gasteiger partial charge is 0.336 e. The Balaban J connectivity index is 0.00000192. The van der Waals surface area contributed by atoms with Crippen LogP contribution in [0.3, 0.4) is 0 Å². The number of rotatable bonds is 2. The van der Waals surface area contributed by atoms with Crippen LogP contribution in [0.1, 0.15) is 27.4 Å². The molecular formula is C18H20ClFN2O. The molecule has 2 atom stereocenters. The fourth-order valence-electron chi connectivity index (χ4n) is 2.96. The van der Waals surface area contributed by atoms with E-state index in [4.69, 9.17) is 5.73 Å². The average Bonchev–Trinajstić information content (AvgIpc) is 2.92. The first-order valence-electron chi connectivity index (χ1n) is 7.42. The fraction of sp³-hybridized carbons (Fsp3) is 0.278. The lowest BCUT2D eigenvalue weighted by Gasteiger charge is -2.17. The van der Waals surface area contributed by atoms with Crippen LogP contribution in [-0.4, -0.2) is 29.9 Å². The number of halogens is 2. The molecule has 3 rings (SSSR count). The Labute approximate surface area is 141 Å². The number of hydrogen-bond donors (Lipinski definition) is 1. The first-order valence-corrected chi connectivity index (χ1v) is 7.42. The van der Waals surface area contributed by atoms with Gasteiger partial charge in [0.05, 0.1) is 0 Å². The molecule has 1 aliphatic rings. The van der Waals surface area contributed by atoms with Crippen LogP contribution in [0.5, 0.6) is 0 Å². The number of carbonyl (C=O) groups excluding carboxylic acids is 1. The van der Waals surface area contributed by atoms with E-state index in [1.165, 1.54) is 6.07 Å². The van der Waals surface area contributed by atoms with E-state index in [9.17, 15) is 9.18 Å². The van der Waals surface area contributed by atoms with Gasteiger partial charge >= 0.3 is 0 Å². The number of nitrogens with zero attached hydrogens (tertiary/aromatic N) is 1. The van der Waals surface area contributed by atoms with Gasteiger partial charge in [-0.25, -0.2) is 4.39 Å². The van der Waals surface area contributed by atoms with Crippen LogP contribution in [-0.2, 0) is 0 Å². The quantitative estimate of drug-likeness (QED) is 0.917. The van der Waals surface area contributed by atoms with Crippen LogP contribution in [0.25, 0.3) is 0 Å². The molecule has 2 N–H and O–H groups in total. The van der Waals surface area contributed by atoms with Crippen molar-refractivity contribution in [3.8, 4) is 0 Å². The summed E-state index contributed by atoms with van der Waals surface area (Å²) in [5, 5.41) is 0. The summed E-state index contributed by atoms with van der Waals surface area (Å²) in [6, 6.07) is 14.5. The summed E-state index contributed by atoms with van der Waals surface area (Å²) in [6.07, 6.45) is 0. The molecule has 0 aromatic heterocycles. The zero-order valence-electron chi connectivity index (χ0n) is 12.9. The van der Waals surface area contributed by atoms with E-state index >= 15 is 0 Å². The third-order valence-corrected chi connectivity index (χ3v) is 4.30. The summed E-state index contributed by atoms with van der Waals surface area (Å²) in [7, 11) is 0. The highest BCUT2D eigenvalue weighted by molar-refractivity contribution is 5.94. The van der Waals surface area contributed by atoms with Gasteiger partial charge in [0.2, 0.25) is 0 Å². The van der Waals surface area contributed by atoms with Gasteiger partial charge in [-0.1, -0.05) is 36.4 Å². The maximum atomic E-state index is 13.6. The molecule has 1 fully saturated rings. The molecule has 0 spiro atoms. The summed E-state index contributed by atoms with van der Waals surface area (Å²) < 4.78 is 13.6. The summed E-state index contributed by atoms with van der Waals surface area (Å²) in [6.45, 7) is 2.74. The Hall–Kier alpha value is -1.91. The van der Waals surface area contributed by atoms with E-state index < -0.39 is 0 Å². The Morgan fingerprint density at radius 1 is 1.17 bits per heavy atom. The van der Waals surface area contributed by atoms with Gasteiger partial charge in [0.25, 0.3) is 5.91 Å². The molecule has 0 aliphatic carbocycles. The summed E-state index contributed by atoms with van der Waals surface area (Å²) >= 11 is 0. The molecule has 5 heteroatoms. The number of benzene rings is 2. The number of likely N-dealkylation sites (tertiary alicyclic amines) is 1. The number of amides is 1. The summed E-state index contributed by atoms with van der Waals surface area (Å²) in [4.78, 5) is 14.3. The van der Waals surface area contributed by atoms with Gasteiger partial charge in [-0.2, -0.15) is 0 Å². The van der Waals surface area contributed by atoms with Crippen molar-refractivity contribution < 1.29 is 9.18 Å². The Kier molecular flexibility index (Phi) is 5.39. The number of nitrogens with two attached hydrogens (primary N) is 1. The highest BCUT2D eigenvalue weighted by atomic mass is 35.5. The second kappa shape index (κ2) is 7.11. The molecule has 1 aliphatic heterocycles. The molecule has 0 unspecified atom stereocenters. The fourth-order valence-corrected chi connectivity index (χ4v) is 2.96. The molecule has 0 bridgehead atoms. The van der Waals surface area contributed by atoms with Crippen LogP contribution in [0.15, 0.2) is 48.5 Å². The molecule has 3 nitrogen and oxygen atoms in total. The number of carbonyl (C=O) groups is 1. The van der Waals surface area contributed by atoms with E-state index in [1.54, 1.807) is 24.0 Å². The lowest BCUT2D eigenvalue weighted by molar-refractivity contribution is 0.0788. The van der Waals surface area contributed by atoms with E-state index in [0.29, 0.717) is 24.2 Å². The second-order valence-corrected chi connectivity index (χ2v) is 5.86. The van der Waals surface area contributed by atoms with Gasteiger partial charge in [0.1, 0.15) is 5.82 Å². The zero-order chi connectivity index (χ0) is 15.7. The minimum atomic E-state index is -0.353. The lowest BCUT2D eigenvalue weighted by atomic mass is 9.95. The maximum Gasteiger partial charge on any atom is 0.254 e. The van der Waals surface area contributed by atoms with Gasteiger partial charge < -0.3 is 10.6 Å². The number of hydrogen-bond acceptors (Lipinski definition) is 2. The molecule has 23 heavy (non-hydrogen) atoms. The molecule has 0 radical (unpaired) electrons. The predicted octanol–water partition coefficient (Wildman–Crippen LogP) is 3.12. The van der Waals surface area contributed by atoms with Crippen LogP contribution in [0, 0.1) is 12.7 Å². The molecule has 2 aromatic rings. The maximum absolute atomic E-state index is 13.6. The van der Waals surface area contributed by atoms with Crippen LogP contribution in [0.4, 0.5) is 4.39 Å². The minimum Gasteiger partial charge on any atom is -0.336 e. The third kappa shape index (κ3) is 3.54. The van der Waals surface area contributed by atoms with Crippen molar-refractivity contribution in [3.63, 3.8) is 0 Å². The monoisotopic (exact) mass is 334 g/mol. The highest BCUT2D eigenvalue weighted by Crippen LogP contribution is 2.27. The van der Waals surface area contributed by atoms with Crippen LogP contribution in [0.2, 0.25) is 0 Å². The molecular weight excluding hydrogens is 315 g/mol. The Morgan fingerprint density at radius 3 is 2.52 bits per heavy atom. The third-order valence-electron chi connectivity index (χ3n) is 4.30. The smallest absolute Gasteiger partial charge is 0.254 e. The minimum absolute atomic E-state index is 0. The van der Waals surface area contributed by atoms with E-state index in [2.05, 4.69) is 0 Å². The topological polar surface area (TPSA) is 46.3 Å². The molecule has 2 aromatic carbocycles. The molecule has 1 saturated heterocycles. The van der Waals surface area contributed by atoms with Crippen molar-refractivity contribution in [1.29, 1.82) is 0 Å². The second-order valence-electron chi connectivity index (χ2n) is 5.86. The van der Waals surface area contributed by atoms with Gasteiger partial charge in [-0.05, 0) is 30.2 Å². The van der Waals surface area contributed by atoms with Gasteiger partial charge in [-0.15, -0.1) is 12.4 Å². The van der Waals surface area contributed by atoms with Gasteiger partial charge in [-0.3, -0.25) is 4.79 Å². The molecule has 1 heterocycles. The Morgan fingerprint density at radius 2 is 1.87 bits per heavy atom. The van der Waals surface area contributed by atoms with Crippen molar-refractivity contribution in [2.24, 2.45) is 5.73 Å². The molecule has 1 amide bonds. The first-order chi connectivity index (χ1) is 10.6. The van der Waals surface area contributed by atoms with Crippen molar-refractivity contribution in [3.05, 3.63) is 71.0 Å². The molecule has 122 valence electrons. The lowest BCUT2D eigenvalue weighted by Crippen LogP contribution is -2.32. The van der Waals surface area contributed by atoms with Crippen LogP contribution < -0.4 is 5.73 Å². The van der Waals surface area contributed by atoms with Crippen molar-refractivity contribution >= 4 is 18.3 Å². The van der Waals surface area contributed by atoms with Crippen LogP contribution >= 0.6 is 12.4 Å². The first kappa shape index (κ1) is 17.4. The molecule has 0 saturated carbocycles. The van der Waals surface area contributed by atoms with E-state index in [0.717, 1.165) is 5.56 Å². The summed E-state index contributed by atoms with van der Waals surface area (Å²) in [5.74, 6) is -0.387. The van der Waals surface area contributed by atoms with E-state index in [-0.39, 0.29) is 36.1 Å². The van der Waals surface area contributed by atoms with Crippen molar-refractivity contribution in [2.75, 3.05) is 13.1 Å². The highest BCUT2D eigenvalue weighted by Gasteiger charge is 2.34. The number of aryl methyl sites for hydroxylation is 1. The van der Waals surface area contributed by atoms with E-state index in [1.807, 2.05) is 30.3 Å². The Bertz CT molecular complexity index is 693. The average molecular weight is 335 g/mol. The standard InChI is InChI=1S/C18H19FN2O.ClH/c1-12-7-8-14(9-16(12)19)18(22)21-10-15(17(20)11-21)13-5-3-2-4-6-13;/h2-9,15,17H,10-11,20H2,1H3;1H/t15-,17+;/m0./s1. The van der Waals surface area contributed by atoms with Crippen molar-refractivity contribution in [1.82, 2.24) is 4.90 Å². The SMILES string of the molecule is Cc1ccc(C(=O)N2C[C@@H](N)[C@H](c3ccccc3)C2)cc1F.Cl. The predicted molar refractivity (Wildman–Crippen MR) is 91.4 cm³/mol. The van der Waals surface area contributed by atoms with Crippen molar-refractivity contribution in [2.45, 2.75) is 18.9 Å².